The Hall–Kier alpha value is -4.63. The molecule has 0 saturated carbocycles. The van der Waals surface area contributed by atoms with Crippen LogP contribution in [0.2, 0.25) is 13.5 Å². The van der Waals surface area contributed by atoms with Crippen LogP contribution in [-0.4, -0.2) is 9.52 Å². The molecule has 0 nitrogen and oxygen atoms in total. The van der Waals surface area contributed by atoms with Gasteiger partial charge in [0, 0.05) is 0 Å². The first-order valence-electron chi connectivity index (χ1n) is 19.5. The van der Waals surface area contributed by atoms with Gasteiger partial charge in [-0.05, 0) is 0 Å². The minimum absolute atomic E-state index is 0.430. The quantitative estimate of drug-likeness (QED) is 0.120. The summed E-state index contributed by atoms with van der Waals surface area (Å²) in [6.45, 7) is 0. The minimum atomic E-state index is -3.00. The van der Waals surface area contributed by atoms with Gasteiger partial charge in [0.25, 0.3) is 0 Å². The van der Waals surface area contributed by atoms with E-state index in [0.29, 0.717) is 9.59 Å². The van der Waals surface area contributed by atoms with Crippen molar-refractivity contribution in [1.29, 1.82) is 0 Å². The molecule has 2 atom stereocenters. The molecule has 0 fully saturated rings. The summed E-state index contributed by atoms with van der Waals surface area (Å²) in [7, 11) is -0.980. The van der Waals surface area contributed by atoms with E-state index in [1.54, 1.807) is 38.2 Å². The maximum absolute atomic E-state index is 3.00. The number of hydrogen-bond acceptors (Lipinski definition) is 0. The Balaban J connectivity index is 1.27. The summed E-state index contributed by atoms with van der Waals surface area (Å²) < 4.78 is 7.54. The van der Waals surface area contributed by atoms with E-state index in [4.69, 9.17) is 0 Å². The summed E-state index contributed by atoms with van der Waals surface area (Å²) in [5.41, 5.74) is 12.6. The summed E-state index contributed by atoms with van der Waals surface area (Å²) >= 11 is -3.00. The van der Waals surface area contributed by atoms with Gasteiger partial charge in [-0.1, -0.05) is 0 Å². The molecule has 2 heteroatoms. The van der Waals surface area contributed by atoms with Gasteiger partial charge in [0.1, 0.15) is 0 Å². The van der Waals surface area contributed by atoms with E-state index in [1.807, 2.05) is 0 Å². The number of hydrogen-bond donors (Lipinski definition) is 0. The summed E-state index contributed by atoms with van der Waals surface area (Å²) in [4.78, 5) is 0. The SMILES string of the molecule is [CH3][Hf]1([CH3])[CH2]CCC2C(c3cccc4ccc5ccccc5c34)=C([SiH2]C3=C(c4cccc5ccc6ccccc6c45)[CH]1c1ccccc13)c1ccccc12. The molecule has 2 unspecified atom stereocenters. The van der Waals surface area contributed by atoms with Crippen LogP contribution < -0.4 is 0 Å². The van der Waals surface area contributed by atoms with E-state index in [-0.39, 0.29) is 0 Å². The van der Waals surface area contributed by atoms with Crippen molar-refractivity contribution >= 4 is 74.1 Å². The molecule has 0 spiro atoms. The second kappa shape index (κ2) is 12.2. The fraction of sp³-hybridized carbons (Fsp3) is 0.137. The van der Waals surface area contributed by atoms with Crippen molar-refractivity contribution in [3.8, 4) is 0 Å². The van der Waals surface area contributed by atoms with E-state index < -0.39 is 29.5 Å². The van der Waals surface area contributed by atoms with Crippen molar-refractivity contribution in [3.05, 3.63) is 191 Å². The monoisotopic (exact) mass is 862 g/mol. The third kappa shape index (κ3) is 4.81. The number of rotatable bonds is 2. The van der Waals surface area contributed by atoms with Gasteiger partial charge < -0.3 is 0 Å². The molecule has 8 aromatic carbocycles. The van der Waals surface area contributed by atoms with Crippen molar-refractivity contribution in [1.82, 2.24) is 0 Å². The van der Waals surface area contributed by atoms with E-state index in [2.05, 4.69) is 167 Å². The summed E-state index contributed by atoms with van der Waals surface area (Å²) in [5.74, 6) is 0.430. The second-order valence-corrected chi connectivity index (χ2v) is 36.3. The third-order valence-electron chi connectivity index (χ3n) is 13.1. The van der Waals surface area contributed by atoms with Crippen LogP contribution >= 0.6 is 0 Å². The van der Waals surface area contributed by atoms with Crippen LogP contribution in [0.1, 0.15) is 55.8 Å². The van der Waals surface area contributed by atoms with Crippen molar-refractivity contribution in [2.45, 2.75) is 36.0 Å². The average Bonchev–Trinajstić information content (AvgIpc) is 3.69. The first-order valence-corrected chi connectivity index (χ1v) is 32.7. The molecule has 0 saturated heterocycles. The van der Waals surface area contributed by atoms with Crippen molar-refractivity contribution < 1.29 is 20.0 Å². The van der Waals surface area contributed by atoms with Gasteiger partial charge in [0.15, 0.2) is 0 Å². The van der Waals surface area contributed by atoms with Gasteiger partial charge >= 0.3 is 321 Å². The second-order valence-electron chi connectivity index (χ2n) is 16.4. The van der Waals surface area contributed by atoms with Gasteiger partial charge in [-0.2, -0.15) is 0 Å². The zero-order chi connectivity index (χ0) is 35.3. The van der Waals surface area contributed by atoms with E-state index in [1.165, 1.54) is 76.8 Å². The molecule has 11 rings (SSSR count). The van der Waals surface area contributed by atoms with Crippen LogP contribution in [0.3, 0.4) is 0 Å². The van der Waals surface area contributed by atoms with Crippen molar-refractivity contribution in [3.63, 3.8) is 0 Å². The molecule has 1 heterocycles. The van der Waals surface area contributed by atoms with Gasteiger partial charge in [0.2, 0.25) is 0 Å². The Kier molecular flexibility index (Phi) is 7.33. The summed E-state index contributed by atoms with van der Waals surface area (Å²) in [6, 6.07) is 61.0. The number of benzene rings is 8. The molecule has 0 radical (unpaired) electrons. The third-order valence-corrected chi connectivity index (χ3v) is 29.0. The Morgan fingerprint density at radius 1 is 0.453 bits per heavy atom. The van der Waals surface area contributed by atoms with Crippen LogP contribution in [0.15, 0.2) is 158 Å². The molecule has 0 N–H and O–H groups in total. The molecule has 2 aliphatic carbocycles. The molecular weight excluding hydrogens is 819 g/mol. The van der Waals surface area contributed by atoms with Gasteiger partial charge in [-0.15, -0.1) is 0 Å². The molecule has 53 heavy (non-hydrogen) atoms. The molecule has 4 bridgehead atoms. The Labute approximate surface area is 319 Å². The fourth-order valence-corrected chi connectivity index (χ4v) is 27.2. The molecule has 3 aliphatic rings. The molecule has 8 aromatic rings. The molecule has 254 valence electrons. The number of allylic oxidation sites excluding steroid dienone is 2. The molecule has 0 aromatic heterocycles. The van der Waals surface area contributed by atoms with Gasteiger partial charge in [0.05, 0.1) is 0 Å². The van der Waals surface area contributed by atoms with Crippen LogP contribution in [-0.2, 0) is 20.0 Å². The predicted octanol–water partition coefficient (Wildman–Crippen LogP) is 13.5. The maximum atomic E-state index is 2.79. The van der Waals surface area contributed by atoms with Gasteiger partial charge in [-0.25, -0.2) is 0 Å². The first kappa shape index (κ1) is 31.9. The fourth-order valence-electron chi connectivity index (χ4n) is 10.9. The van der Waals surface area contributed by atoms with Crippen LogP contribution in [0.5, 0.6) is 0 Å². The van der Waals surface area contributed by atoms with Crippen LogP contribution in [0, 0.1) is 0 Å². The normalized spacial score (nSPS) is 19.7. The van der Waals surface area contributed by atoms with Crippen molar-refractivity contribution in [2.24, 2.45) is 0 Å². The standard InChI is InChI=1S/C49H36Si.2CH3.Hf/c1-2-13-40-39-22-9-10-23-42(39)49(47(40)43-25-12-18-34-29-27-32-15-4-7-20-37(32)46(34)43)50-48-38-21-8-5-16-35(38)30-44(48)41-24-11-17-33-28-26-31-14-3-6-19-36(31)45(33)41;;;/h3-12,14-30,40H,1-2,13,50H2;2*1H3;. The Morgan fingerprint density at radius 2 is 0.925 bits per heavy atom. The number of fused-ring (bicyclic) bond motifs is 14. The predicted molar refractivity (Wildman–Crippen MR) is 229 cm³/mol. The van der Waals surface area contributed by atoms with E-state index in [0.717, 1.165) is 0 Å². The topological polar surface area (TPSA) is 0 Å². The van der Waals surface area contributed by atoms with Gasteiger partial charge in [-0.3, -0.25) is 0 Å². The summed E-state index contributed by atoms with van der Waals surface area (Å²) in [6.07, 6.45) is 2.52. The Bertz CT molecular complexity index is 2890. The summed E-state index contributed by atoms with van der Waals surface area (Å²) in [5, 5.41) is 14.4. The van der Waals surface area contributed by atoms with E-state index >= 15 is 0 Å². The Morgan fingerprint density at radius 3 is 1.58 bits per heavy atom. The van der Waals surface area contributed by atoms with Crippen molar-refractivity contribution in [2.75, 3.05) is 0 Å². The van der Waals surface area contributed by atoms with Crippen LogP contribution in [0.25, 0.3) is 64.6 Å². The molecule has 1 aliphatic heterocycles. The first-order chi connectivity index (χ1) is 26.1. The van der Waals surface area contributed by atoms with Crippen LogP contribution in [0.4, 0.5) is 0 Å². The zero-order valence-corrected chi connectivity index (χ0v) is 35.5. The molecule has 0 amide bonds. The molecular formula is C51H42HfSi. The van der Waals surface area contributed by atoms with E-state index in [9.17, 15) is 0 Å². The zero-order valence-electron chi connectivity index (χ0n) is 30.5. The average molecular weight is 861 g/mol.